The number of aromatic nitrogens is 1. The number of nitrogens with one attached hydrogen (secondary N) is 1. The predicted molar refractivity (Wildman–Crippen MR) is 75.8 cm³/mol. The summed E-state index contributed by atoms with van der Waals surface area (Å²) < 4.78 is 0.741. The van der Waals surface area contributed by atoms with Crippen molar-refractivity contribution in [2.45, 2.75) is 0 Å². The van der Waals surface area contributed by atoms with Crippen LogP contribution in [0, 0.1) is 0 Å². The van der Waals surface area contributed by atoms with Crippen LogP contribution in [-0.4, -0.2) is 10.9 Å². The lowest BCUT2D eigenvalue weighted by Gasteiger charge is -2.06. The number of anilines is 2. The first-order chi connectivity index (χ1) is 8.56. The number of nitrogens with two attached hydrogens (primary N) is 1. The Morgan fingerprint density at radius 2 is 2.11 bits per heavy atom. The molecule has 1 heterocycles. The smallest absolute Gasteiger partial charge is 0.257 e. The van der Waals surface area contributed by atoms with Crippen LogP contribution < -0.4 is 11.1 Å². The van der Waals surface area contributed by atoms with Crippen molar-refractivity contribution in [1.29, 1.82) is 0 Å². The minimum atomic E-state index is -0.260. The first kappa shape index (κ1) is 12.9. The maximum atomic E-state index is 11.9. The van der Waals surface area contributed by atoms with Crippen molar-refractivity contribution in [2.75, 3.05) is 11.1 Å². The molecule has 18 heavy (non-hydrogen) atoms. The van der Waals surface area contributed by atoms with Gasteiger partial charge in [-0.05, 0) is 40.2 Å². The van der Waals surface area contributed by atoms with Crippen LogP contribution in [0.2, 0.25) is 5.02 Å². The molecule has 2 aromatic rings. The zero-order valence-corrected chi connectivity index (χ0v) is 11.5. The van der Waals surface area contributed by atoms with Gasteiger partial charge in [0.05, 0.1) is 16.3 Å². The molecule has 0 aliphatic carbocycles. The van der Waals surface area contributed by atoms with Crippen LogP contribution in [0.5, 0.6) is 0 Å². The van der Waals surface area contributed by atoms with Gasteiger partial charge in [-0.1, -0.05) is 11.6 Å². The highest BCUT2D eigenvalue weighted by Gasteiger charge is 2.07. The lowest BCUT2D eigenvalue weighted by atomic mass is 10.2. The van der Waals surface area contributed by atoms with E-state index in [4.69, 9.17) is 17.3 Å². The Morgan fingerprint density at radius 1 is 1.33 bits per heavy atom. The summed E-state index contributed by atoms with van der Waals surface area (Å²) in [5.74, 6) is -0.260. The van der Waals surface area contributed by atoms with Crippen molar-refractivity contribution < 1.29 is 4.79 Å². The molecule has 0 radical (unpaired) electrons. The maximum absolute atomic E-state index is 11.9. The van der Waals surface area contributed by atoms with E-state index in [1.54, 1.807) is 30.5 Å². The third kappa shape index (κ3) is 3.00. The highest BCUT2D eigenvalue weighted by atomic mass is 79.9. The van der Waals surface area contributed by atoms with Gasteiger partial charge in [0.15, 0.2) is 0 Å². The summed E-state index contributed by atoms with van der Waals surface area (Å²) in [7, 11) is 0. The van der Waals surface area contributed by atoms with Gasteiger partial charge in [-0.3, -0.25) is 9.78 Å². The number of pyridine rings is 1. The van der Waals surface area contributed by atoms with Crippen LogP contribution in [0.1, 0.15) is 10.4 Å². The molecule has 0 fully saturated rings. The van der Waals surface area contributed by atoms with Crippen LogP contribution in [-0.2, 0) is 0 Å². The van der Waals surface area contributed by atoms with E-state index in [0.29, 0.717) is 22.0 Å². The molecule has 1 amide bonds. The third-order valence-corrected chi connectivity index (χ3v) is 2.99. The standard InChI is InChI=1S/C12H9BrClN3O/c13-8-3-7(5-16-6-8)12(18)17-9-1-2-11(15)10(14)4-9/h1-6H,15H2,(H,17,18). The van der Waals surface area contributed by atoms with E-state index in [9.17, 15) is 4.79 Å². The Kier molecular flexibility index (Phi) is 3.84. The van der Waals surface area contributed by atoms with Crippen molar-refractivity contribution in [3.63, 3.8) is 0 Å². The van der Waals surface area contributed by atoms with Gasteiger partial charge in [0.1, 0.15) is 0 Å². The largest absolute Gasteiger partial charge is 0.398 e. The number of nitrogen functional groups attached to an aromatic ring is 1. The number of halogens is 2. The van der Waals surface area contributed by atoms with E-state index < -0.39 is 0 Å². The zero-order chi connectivity index (χ0) is 13.1. The molecule has 6 heteroatoms. The number of carbonyl (C=O) groups is 1. The molecule has 2 rings (SSSR count). The summed E-state index contributed by atoms with van der Waals surface area (Å²) >= 11 is 9.13. The number of hydrogen-bond donors (Lipinski definition) is 2. The Bertz CT molecular complexity index is 604. The van der Waals surface area contributed by atoms with E-state index in [2.05, 4.69) is 26.2 Å². The number of amides is 1. The zero-order valence-electron chi connectivity index (χ0n) is 9.15. The van der Waals surface area contributed by atoms with Gasteiger partial charge in [0.25, 0.3) is 5.91 Å². The van der Waals surface area contributed by atoms with E-state index in [0.717, 1.165) is 4.47 Å². The van der Waals surface area contributed by atoms with Crippen molar-refractivity contribution in [3.05, 3.63) is 51.7 Å². The van der Waals surface area contributed by atoms with E-state index in [-0.39, 0.29) is 5.91 Å². The van der Waals surface area contributed by atoms with Crippen LogP contribution in [0.15, 0.2) is 41.1 Å². The summed E-state index contributed by atoms with van der Waals surface area (Å²) in [4.78, 5) is 15.8. The Balaban J connectivity index is 2.18. The number of hydrogen-bond acceptors (Lipinski definition) is 3. The van der Waals surface area contributed by atoms with E-state index >= 15 is 0 Å². The molecule has 0 aliphatic heterocycles. The second-order valence-electron chi connectivity index (χ2n) is 3.58. The first-order valence-corrected chi connectivity index (χ1v) is 6.20. The molecule has 0 aliphatic rings. The SMILES string of the molecule is Nc1ccc(NC(=O)c2cncc(Br)c2)cc1Cl. The fourth-order valence-electron chi connectivity index (χ4n) is 1.34. The van der Waals surface area contributed by atoms with Gasteiger partial charge < -0.3 is 11.1 Å². The second kappa shape index (κ2) is 5.37. The summed E-state index contributed by atoms with van der Waals surface area (Å²) in [6, 6.07) is 6.60. The summed E-state index contributed by atoms with van der Waals surface area (Å²) in [5.41, 5.74) is 7.10. The molecular weight excluding hydrogens is 318 g/mol. The summed E-state index contributed by atoms with van der Waals surface area (Å²) in [6.45, 7) is 0. The second-order valence-corrected chi connectivity index (χ2v) is 4.91. The quantitative estimate of drug-likeness (QED) is 0.832. The lowest BCUT2D eigenvalue weighted by Crippen LogP contribution is -2.12. The topological polar surface area (TPSA) is 68.0 Å². The first-order valence-electron chi connectivity index (χ1n) is 5.03. The highest BCUT2D eigenvalue weighted by Crippen LogP contribution is 2.23. The number of carbonyl (C=O) groups excluding carboxylic acids is 1. The minimum absolute atomic E-state index is 0.260. The molecule has 92 valence electrons. The molecule has 0 bridgehead atoms. The lowest BCUT2D eigenvalue weighted by molar-refractivity contribution is 0.102. The summed E-state index contributed by atoms with van der Waals surface area (Å²) in [5, 5.41) is 3.12. The predicted octanol–water partition coefficient (Wildman–Crippen LogP) is 3.33. The van der Waals surface area contributed by atoms with Crippen molar-refractivity contribution in [3.8, 4) is 0 Å². The number of nitrogens with zero attached hydrogens (tertiary/aromatic N) is 1. The minimum Gasteiger partial charge on any atom is -0.398 e. The van der Waals surface area contributed by atoms with Gasteiger partial charge >= 0.3 is 0 Å². The van der Waals surface area contributed by atoms with E-state index in [1.165, 1.54) is 6.20 Å². The third-order valence-electron chi connectivity index (χ3n) is 2.23. The molecule has 3 N–H and O–H groups in total. The Morgan fingerprint density at radius 3 is 2.78 bits per heavy atom. The fraction of sp³-hybridized carbons (Fsp3) is 0. The number of rotatable bonds is 2. The maximum Gasteiger partial charge on any atom is 0.257 e. The van der Waals surface area contributed by atoms with Gasteiger partial charge in [0.2, 0.25) is 0 Å². The van der Waals surface area contributed by atoms with Crippen molar-refractivity contribution in [2.24, 2.45) is 0 Å². The molecule has 0 atom stereocenters. The fourth-order valence-corrected chi connectivity index (χ4v) is 1.89. The van der Waals surface area contributed by atoms with Gasteiger partial charge in [-0.25, -0.2) is 0 Å². The van der Waals surface area contributed by atoms with Crippen LogP contribution >= 0.6 is 27.5 Å². The molecule has 0 saturated carbocycles. The van der Waals surface area contributed by atoms with Crippen LogP contribution in [0.25, 0.3) is 0 Å². The van der Waals surface area contributed by atoms with Crippen LogP contribution in [0.4, 0.5) is 11.4 Å². The average molecular weight is 327 g/mol. The molecular formula is C12H9BrClN3O. The van der Waals surface area contributed by atoms with Crippen LogP contribution in [0.3, 0.4) is 0 Å². The normalized spacial score (nSPS) is 10.1. The molecule has 1 aromatic carbocycles. The number of benzene rings is 1. The average Bonchev–Trinajstić information content (AvgIpc) is 2.34. The Hall–Kier alpha value is -1.59. The summed E-state index contributed by atoms with van der Waals surface area (Å²) in [6.07, 6.45) is 3.09. The molecule has 0 spiro atoms. The van der Waals surface area contributed by atoms with Crippen molar-refractivity contribution in [1.82, 2.24) is 4.98 Å². The molecule has 1 aromatic heterocycles. The van der Waals surface area contributed by atoms with E-state index in [1.807, 2.05) is 0 Å². The van der Waals surface area contributed by atoms with Gasteiger partial charge in [0, 0.05) is 22.6 Å². The molecule has 0 unspecified atom stereocenters. The van der Waals surface area contributed by atoms with Gasteiger partial charge in [-0.15, -0.1) is 0 Å². The van der Waals surface area contributed by atoms with Crippen molar-refractivity contribution >= 4 is 44.8 Å². The Labute approximate surface area is 117 Å². The molecule has 0 saturated heterocycles. The monoisotopic (exact) mass is 325 g/mol. The van der Waals surface area contributed by atoms with Gasteiger partial charge in [-0.2, -0.15) is 0 Å². The molecule has 4 nitrogen and oxygen atoms in total. The highest BCUT2D eigenvalue weighted by molar-refractivity contribution is 9.10.